The highest BCUT2D eigenvalue weighted by molar-refractivity contribution is 6.33. The lowest BCUT2D eigenvalue weighted by atomic mass is 10.1. The fraction of sp³-hybridized carbons (Fsp3) is 0.0714. The van der Waals surface area contributed by atoms with E-state index in [0.717, 1.165) is 5.56 Å². The second-order valence-corrected chi connectivity index (χ2v) is 5.05. The third-order valence-electron chi connectivity index (χ3n) is 2.76. The Morgan fingerprint density at radius 1 is 1.19 bits per heavy atom. The van der Waals surface area contributed by atoms with Crippen molar-refractivity contribution in [1.82, 2.24) is 5.32 Å². The molecule has 108 valence electrons. The van der Waals surface area contributed by atoms with E-state index in [-0.39, 0.29) is 17.1 Å². The van der Waals surface area contributed by atoms with E-state index in [1.165, 1.54) is 18.2 Å². The number of rotatable bonds is 4. The second-order valence-electron chi connectivity index (χ2n) is 4.21. The van der Waals surface area contributed by atoms with Gasteiger partial charge in [0.25, 0.3) is 5.91 Å². The maximum atomic E-state index is 12.1. The molecule has 0 unspecified atom stereocenters. The molecule has 0 spiro atoms. The highest BCUT2D eigenvalue weighted by Crippen LogP contribution is 2.28. The van der Waals surface area contributed by atoms with Crippen molar-refractivity contribution in [3.8, 4) is 0 Å². The van der Waals surface area contributed by atoms with Crippen LogP contribution in [0.15, 0.2) is 42.5 Å². The van der Waals surface area contributed by atoms with Gasteiger partial charge in [-0.15, -0.1) is 0 Å². The van der Waals surface area contributed by atoms with Crippen LogP contribution >= 0.6 is 23.2 Å². The summed E-state index contributed by atoms with van der Waals surface area (Å²) in [5.74, 6) is -0.566. The van der Waals surface area contributed by atoms with Gasteiger partial charge in [-0.05, 0) is 29.8 Å². The van der Waals surface area contributed by atoms with Gasteiger partial charge in [0.1, 0.15) is 10.6 Å². The van der Waals surface area contributed by atoms with Crippen LogP contribution in [0.1, 0.15) is 15.9 Å². The summed E-state index contributed by atoms with van der Waals surface area (Å²) in [6, 6.07) is 11.2. The Balaban J connectivity index is 2.18. The van der Waals surface area contributed by atoms with Crippen LogP contribution < -0.4 is 5.32 Å². The topological polar surface area (TPSA) is 72.2 Å². The largest absolute Gasteiger partial charge is 0.348 e. The van der Waals surface area contributed by atoms with Gasteiger partial charge in [0, 0.05) is 11.6 Å². The third-order valence-corrected chi connectivity index (χ3v) is 3.30. The molecule has 0 heterocycles. The van der Waals surface area contributed by atoms with Gasteiger partial charge in [-0.25, -0.2) is 0 Å². The summed E-state index contributed by atoms with van der Waals surface area (Å²) < 4.78 is 0. The molecule has 2 aromatic carbocycles. The summed E-state index contributed by atoms with van der Waals surface area (Å²) in [6.07, 6.45) is 0. The van der Waals surface area contributed by atoms with E-state index in [4.69, 9.17) is 23.2 Å². The van der Waals surface area contributed by atoms with E-state index in [1.807, 2.05) is 0 Å². The number of para-hydroxylation sites is 1. The summed E-state index contributed by atoms with van der Waals surface area (Å²) in [7, 11) is 0. The number of carbonyl (C=O) groups is 1. The van der Waals surface area contributed by atoms with Gasteiger partial charge in [-0.3, -0.25) is 14.9 Å². The molecule has 5 nitrogen and oxygen atoms in total. The van der Waals surface area contributed by atoms with Crippen LogP contribution in [-0.4, -0.2) is 10.8 Å². The molecule has 7 heteroatoms. The number of carbonyl (C=O) groups excluding carboxylic acids is 1. The molecule has 0 fully saturated rings. The first kappa shape index (κ1) is 15.3. The van der Waals surface area contributed by atoms with E-state index < -0.39 is 16.5 Å². The van der Waals surface area contributed by atoms with Gasteiger partial charge < -0.3 is 5.32 Å². The zero-order chi connectivity index (χ0) is 15.4. The molecule has 0 aliphatic carbocycles. The molecule has 0 aliphatic rings. The summed E-state index contributed by atoms with van der Waals surface area (Å²) in [5.41, 5.74) is 0.317. The first-order valence-electron chi connectivity index (χ1n) is 5.94. The number of hydrogen-bond acceptors (Lipinski definition) is 3. The predicted octanol–water partition coefficient (Wildman–Crippen LogP) is 3.83. The number of benzene rings is 2. The predicted molar refractivity (Wildman–Crippen MR) is 80.7 cm³/mol. The van der Waals surface area contributed by atoms with Gasteiger partial charge in [0.2, 0.25) is 0 Å². The molecule has 0 aromatic heterocycles. The molecular weight excluding hydrogens is 315 g/mol. The second kappa shape index (κ2) is 6.56. The lowest BCUT2D eigenvalue weighted by Gasteiger charge is -2.07. The van der Waals surface area contributed by atoms with Crippen LogP contribution in [0.2, 0.25) is 10.0 Å². The molecule has 21 heavy (non-hydrogen) atoms. The maximum Gasteiger partial charge on any atom is 0.300 e. The maximum absolute atomic E-state index is 12.1. The van der Waals surface area contributed by atoms with Crippen LogP contribution in [0.4, 0.5) is 5.69 Å². The summed E-state index contributed by atoms with van der Waals surface area (Å²) in [6.45, 7) is 0.211. The van der Waals surface area contributed by atoms with Crippen molar-refractivity contribution in [3.63, 3.8) is 0 Å². The minimum absolute atomic E-state index is 0.0737. The van der Waals surface area contributed by atoms with Crippen LogP contribution in [0, 0.1) is 10.1 Å². The highest BCUT2D eigenvalue weighted by atomic mass is 35.5. The fourth-order valence-electron chi connectivity index (χ4n) is 1.81. The number of nitrogens with zero attached hydrogens (tertiary/aromatic N) is 1. The van der Waals surface area contributed by atoms with Gasteiger partial charge in [-0.2, -0.15) is 0 Å². The van der Waals surface area contributed by atoms with Gasteiger partial charge in [0.05, 0.1) is 4.92 Å². The minimum Gasteiger partial charge on any atom is -0.348 e. The number of nitro groups is 1. The first-order chi connectivity index (χ1) is 9.99. The molecule has 0 saturated carbocycles. The van der Waals surface area contributed by atoms with Crippen molar-refractivity contribution in [2.45, 2.75) is 6.54 Å². The van der Waals surface area contributed by atoms with Crippen LogP contribution in [0.25, 0.3) is 0 Å². The van der Waals surface area contributed by atoms with E-state index >= 15 is 0 Å². The van der Waals surface area contributed by atoms with Gasteiger partial charge in [0.15, 0.2) is 0 Å². The molecule has 1 amide bonds. The van der Waals surface area contributed by atoms with Gasteiger partial charge in [-0.1, -0.05) is 41.4 Å². The SMILES string of the molecule is O=C(NCc1cccc(Cl)c1)c1cccc(Cl)c1[N+](=O)[O-]. The smallest absolute Gasteiger partial charge is 0.300 e. The highest BCUT2D eigenvalue weighted by Gasteiger charge is 2.23. The van der Waals surface area contributed by atoms with E-state index in [1.54, 1.807) is 24.3 Å². The zero-order valence-electron chi connectivity index (χ0n) is 10.7. The van der Waals surface area contributed by atoms with E-state index in [0.29, 0.717) is 5.02 Å². The zero-order valence-corrected chi connectivity index (χ0v) is 12.2. The van der Waals surface area contributed by atoms with Crippen molar-refractivity contribution in [3.05, 3.63) is 73.8 Å². The van der Waals surface area contributed by atoms with Crippen molar-refractivity contribution in [2.24, 2.45) is 0 Å². The average Bonchev–Trinajstić information content (AvgIpc) is 2.44. The average molecular weight is 325 g/mol. The van der Waals surface area contributed by atoms with Gasteiger partial charge >= 0.3 is 5.69 Å². The summed E-state index contributed by atoms with van der Waals surface area (Å²) in [5, 5.41) is 14.1. The Labute approximate surface area is 130 Å². The number of amides is 1. The molecular formula is C14H10Cl2N2O3. The molecule has 0 radical (unpaired) electrons. The number of nitrogens with one attached hydrogen (secondary N) is 1. The Kier molecular flexibility index (Phi) is 4.77. The molecule has 0 aliphatic heterocycles. The standard InChI is InChI=1S/C14H10Cl2N2O3/c15-10-4-1-3-9(7-10)8-17-14(19)11-5-2-6-12(16)13(11)18(20)21/h1-7H,8H2,(H,17,19). The first-order valence-corrected chi connectivity index (χ1v) is 6.70. The summed E-state index contributed by atoms with van der Waals surface area (Å²) in [4.78, 5) is 22.4. The van der Waals surface area contributed by atoms with Crippen LogP contribution in [0.3, 0.4) is 0 Å². The van der Waals surface area contributed by atoms with Crippen LogP contribution in [0.5, 0.6) is 0 Å². The Morgan fingerprint density at radius 3 is 2.57 bits per heavy atom. The molecule has 2 aromatic rings. The molecule has 1 N–H and O–H groups in total. The lowest BCUT2D eigenvalue weighted by Crippen LogP contribution is -2.23. The molecule has 0 atom stereocenters. The third kappa shape index (κ3) is 3.71. The number of nitro benzene ring substituents is 1. The molecule has 0 bridgehead atoms. The molecule has 2 rings (SSSR count). The Hall–Kier alpha value is -2.11. The van der Waals surface area contributed by atoms with Crippen molar-refractivity contribution in [1.29, 1.82) is 0 Å². The Bertz CT molecular complexity index is 704. The summed E-state index contributed by atoms with van der Waals surface area (Å²) >= 11 is 11.6. The van der Waals surface area contributed by atoms with Crippen LogP contribution in [-0.2, 0) is 6.54 Å². The number of halogens is 2. The molecule has 0 saturated heterocycles. The number of hydrogen-bond donors (Lipinski definition) is 1. The lowest BCUT2D eigenvalue weighted by molar-refractivity contribution is -0.385. The van der Waals surface area contributed by atoms with Crippen molar-refractivity contribution in [2.75, 3.05) is 0 Å². The quantitative estimate of drug-likeness (QED) is 0.686. The van der Waals surface area contributed by atoms with Crippen molar-refractivity contribution >= 4 is 34.8 Å². The fourth-order valence-corrected chi connectivity index (χ4v) is 2.27. The van der Waals surface area contributed by atoms with E-state index in [2.05, 4.69) is 5.32 Å². The normalized spacial score (nSPS) is 10.2. The Morgan fingerprint density at radius 2 is 1.90 bits per heavy atom. The minimum atomic E-state index is -0.670. The van der Waals surface area contributed by atoms with Crippen molar-refractivity contribution < 1.29 is 9.72 Å². The monoisotopic (exact) mass is 324 g/mol. The van der Waals surface area contributed by atoms with E-state index in [9.17, 15) is 14.9 Å².